The predicted octanol–water partition coefficient (Wildman–Crippen LogP) is 3.07. The van der Waals surface area contributed by atoms with Crippen LogP contribution in [0.2, 0.25) is 0 Å². The van der Waals surface area contributed by atoms with E-state index in [9.17, 15) is 4.79 Å². The van der Waals surface area contributed by atoms with Gasteiger partial charge in [-0.05, 0) is 0 Å². The standard InChI is InChI=1S/C18H21N3O2S.Mo/c19-24-20-12-6-1-7-13-21-15-9-3-5-11-17(15)23-16-10-4-2-8-14(16)18(21)22;/h2-5,8-11,20H,1,6-7,12-13,19H2;/q;-1. The summed E-state index contributed by atoms with van der Waals surface area (Å²) in [4.78, 5) is 14.9. The first kappa shape index (κ1) is 18.5. The fraction of sp³-hybridized carbons (Fsp3) is 0.278. The van der Waals surface area contributed by atoms with Crippen molar-refractivity contribution in [1.82, 2.24) is 4.72 Å². The van der Waals surface area contributed by atoms with Gasteiger partial charge in [0.2, 0.25) is 0 Å². The number of ether oxygens (including phenoxy) is 1. The number of fused-ring (bicyclic) bond motifs is 2. The van der Waals surface area contributed by atoms with Gasteiger partial charge in [0, 0.05) is 0 Å². The predicted molar refractivity (Wildman–Crippen MR) is 98.0 cm³/mol. The second-order valence-electron chi connectivity index (χ2n) is 5.78. The van der Waals surface area contributed by atoms with Crippen LogP contribution in [0.1, 0.15) is 29.6 Å². The number of nitrogens with zero attached hydrogens (tertiary/aromatic N) is 1. The molecule has 0 aromatic heterocycles. The average Bonchev–Trinajstić information content (AvgIpc) is 2.73. The van der Waals surface area contributed by atoms with Crippen molar-refractivity contribution in [3.05, 3.63) is 54.1 Å². The summed E-state index contributed by atoms with van der Waals surface area (Å²) in [5, 5.41) is 5.71. The molecule has 2 aromatic carbocycles. The topological polar surface area (TPSA) is 67.6 Å². The van der Waals surface area contributed by atoms with Crippen LogP contribution in [0.3, 0.4) is 0 Å². The molecule has 1 aliphatic rings. The Labute approximate surface area is 159 Å². The van der Waals surface area contributed by atoms with E-state index in [1.165, 1.54) is 0 Å². The van der Waals surface area contributed by atoms with Crippen LogP contribution in [0, 0.1) is 0 Å². The third-order valence-electron chi connectivity index (χ3n) is 4.04. The molecule has 25 heavy (non-hydrogen) atoms. The molecule has 0 saturated carbocycles. The Morgan fingerprint density at radius 2 is 1.76 bits per heavy atom. The second-order valence-corrected chi connectivity index (χ2v) is 9.31. The van der Waals surface area contributed by atoms with Crippen LogP contribution >= 0.6 is 0 Å². The van der Waals surface area contributed by atoms with Crippen molar-refractivity contribution in [3.63, 3.8) is 0 Å². The number of anilines is 1. The van der Waals surface area contributed by atoms with Gasteiger partial charge in [0.15, 0.2) is 0 Å². The minimum atomic E-state index is -0.209. The average molecular weight is 439 g/mol. The normalized spacial score (nSPS) is 13.2. The van der Waals surface area contributed by atoms with E-state index in [4.69, 9.17) is 9.88 Å². The summed E-state index contributed by atoms with van der Waals surface area (Å²) in [6, 6.07) is 15.1. The van der Waals surface area contributed by atoms with Gasteiger partial charge in [-0.15, -0.1) is 0 Å². The van der Waals surface area contributed by atoms with Gasteiger partial charge in [0.1, 0.15) is 0 Å². The van der Waals surface area contributed by atoms with E-state index in [1.807, 2.05) is 71.2 Å². The van der Waals surface area contributed by atoms with E-state index in [2.05, 4.69) is 4.72 Å². The molecule has 133 valence electrons. The summed E-state index contributed by atoms with van der Waals surface area (Å²) in [5.41, 5.74) is 1.44. The zero-order valence-electron chi connectivity index (χ0n) is 13.8. The molecular formula is C18H21MoN3O2S-. The van der Waals surface area contributed by atoms with Crippen molar-refractivity contribution in [3.8, 4) is 11.5 Å². The van der Waals surface area contributed by atoms with Gasteiger partial charge in [-0.25, -0.2) is 0 Å². The number of amides is 1. The minimum absolute atomic E-state index is 0.00355. The van der Waals surface area contributed by atoms with Crippen LogP contribution in [0.4, 0.5) is 5.69 Å². The molecule has 2 aromatic rings. The first-order valence-electron chi connectivity index (χ1n) is 8.24. The monoisotopic (exact) mass is 441 g/mol. The van der Waals surface area contributed by atoms with Crippen LogP contribution < -0.4 is 19.5 Å². The summed E-state index contributed by atoms with van der Waals surface area (Å²) in [6.45, 7) is 1.59. The van der Waals surface area contributed by atoms with Crippen LogP contribution in [-0.2, 0) is 26.0 Å². The zero-order chi connectivity index (χ0) is 17.6. The Hall–Kier alpha value is -1.33. The van der Waals surface area contributed by atoms with E-state index in [0.717, 1.165) is 37.2 Å². The Morgan fingerprint density at radius 3 is 2.56 bits per heavy atom. The maximum atomic E-state index is 13.0. The third-order valence-corrected chi connectivity index (χ3v) is 5.40. The molecule has 7 heteroatoms. The quantitative estimate of drug-likeness (QED) is 0.413. The van der Waals surface area contributed by atoms with Crippen molar-refractivity contribution in [2.75, 3.05) is 18.0 Å². The summed E-state index contributed by atoms with van der Waals surface area (Å²) in [7, 11) is -0.209. The van der Waals surface area contributed by atoms with Crippen LogP contribution in [0.25, 0.3) is 0 Å². The Kier molecular flexibility index (Phi) is 6.54. The van der Waals surface area contributed by atoms with Crippen molar-refractivity contribution in [1.29, 1.82) is 0 Å². The van der Waals surface area contributed by atoms with Gasteiger partial charge >= 0.3 is 154 Å². The zero-order valence-corrected chi connectivity index (χ0v) is 16.6. The number of rotatable bonds is 6. The van der Waals surface area contributed by atoms with E-state index in [1.54, 1.807) is 0 Å². The number of carbonyl (C=O) groups excluding carboxylic acids is 1. The van der Waals surface area contributed by atoms with E-state index < -0.39 is 0 Å². The first-order chi connectivity index (χ1) is 12.2. The molecule has 1 aliphatic heterocycles. The van der Waals surface area contributed by atoms with Gasteiger partial charge in [-0.2, -0.15) is 0 Å². The molecule has 0 spiro atoms. The molecule has 1 amide bonds. The van der Waals surface area contributed by atoms with Crippen LogP contribution in [-0.4, -0.2) is 19.0 Å². The van der Waals surface area contributed by atoms with E-state index in [-0.39, 0.29) is 14.1 Å². The number of para-hydroxylation sites is 3. The Morgan fingerprint density at radius 1 is 1.04 bits per heavy atom. The Bertz CT molecular complexity index is 834. The van der Waals surface area contributed by atoms with Crippen molar-refractivity contribution < 1.29 is 27.3 Å². The van der Waals surface area contributed by atoms with E-state index in [0.29, 0.717) is 17.9 Å². The molecule has 0 aliphatic carbocycles. The molecule has 0 fully saturated rings. The number of carbonyl (C=O) groups is 1. The number of nitrogens with two attached hydrogens (primary N) is 1. The summed E-state index contributed by atoms with van der Waals surface area (Å²) in [6.07, 6.45) is 3.03. The number of benzene rings is 2. The summed E-state index contributed by atoms with van der Waals surface area (Å²) < 4.78 is 9.23. The van der Waals surface area contributed by atoms with Crippen molar-refractivity contribution in [2.45, 2.75) is 19.3 Å². The van der Waals surface area contributed by atoms with E-state index >= 15 is 0 Å². The fourth-order valence-electron chi connectivity index (χ4n) is 2.84. The van der Waals surface area contributed by atoms with Gasteiger partial charge in [0.05, 0.1) is 0 Å². The summed E-state index contributed by atoms with van der Waals surface area (Å²) >= 11 is 1.89. The molecule has 0 radical (unpaired) electrons. The number of nitrogens with one attached hydrogen (secondary N) is 1. The maximum absolute atomic E-state index is 13.0. The third kappa shape index (κ3) is 4.64. The molecule has 3 rings (SSSR count). The molecular weight excluding hydrogens is 418 g/mol. The molecule has 0 bridgehead atoms. The molecule has 0 unspecified atom stereocenters. The molecule has 5 nitrogen and oxygen atoms in total. The van der Waals surface area contributed by atoms with Gasteiger partial charge in [-0.3, -0.25) is 0 Å². The molecule has 0 atom stereocenters. The van der Waals surface area contributed by atoms with Gasteiger partial charge in [-0.1, -0.05) is 6.07 Å². The van der Waals surface area contributed by atoms with Crippen LogP contribution in [0.15, 0.2) is 48.5 Å². The second kappa shape index (κ2) is 8.86. The van der Waals surface area contributed by atoms with Gasteiger partial charge < -0.3 is 0 Å². The molecule has 1 heterocycles. The van der Waals surface area contributed by atoms with Gasteiger partial charge in [0.25, 0.3) is 0 Å². The fourth-order valence-corrected chi connectivity index (χ4v) is 3.80. The first-order valence-corrected chi connectivity index (χ1v) is 11.9. The number of hydrogen-bond acceptors (Lipinski definition) is 5. The number of unbranched alkanes of at least 4 members (excludes halogenated alkanes) is 2. The van der Waals surface area contributed by atoms with Crippen molar-refractivity contribution in [2.24, 2.45) is 5.14 Å². The summed E-state index contributed by atoms with van der Waals surface area (Å²) in [5.74, 6) is 1.34. The Balaban J connectivity index is 1.73. The SMILES string of the molecule is N[S-](#[Mo])NCCCCCN1C(=O)c2ccccc2Oc2ccccc21. The molecule has 0 saturated heterocycles. The molecule has 3 N–H and O–H groups in total. The van der Waals surface area contributed by atoms with Crippen LogP contribution in [0.5, 0.6) is 11.5 Å². The van der Waals surface area contributed by atoms with Crippen molar-refractivity contribution >= 4 is 19.8 Å². The number of hydrogen-bond donors (Lipinski definition) is 2.